The number of halogens is 2. The van der Waals surface area contributed by atoms with E-state index in [1.807, 2.05) is 18.2 Å². The highest BCUT2D eigenvalue weighted by molar-refractivity contribution is 6.35. The lowest BCUT2D eigenvalue weighted by Gasteiger charge is -2.29. The third-order valence-corrected chi connectivity index (χ3v) is 5.76. The highest BCUT2D eigenvalue weighted by Crippen LogP contribution is 2.32. The van der Waals surface area contributed by atoms with Gasteiger partial charge in [0.25, 0.3) is 5.91 Å². The van der Waals surface area contributed by atoms with Gasteiger partial charge in [0.05, 0.1) is 10.6 Å². The lowest BCUT2D eigenvalue weighted by Crippen LogP contribution is -2.54. The zero-order valence-corrected chi connectivity index (χ0v) is 16.3. The zero-order valence-electron chi connectivity index (χ0n) is 14.8. The zero-order chi connectivity index (χ0) is 19.4. The van der Waals surface area contributed by atoms with E-state index in [1.54, 1.807) is 24.3 Å². The van der Waals surface area contributed by atoms with Crippen molar-refractivity contribution >= 4 is 35.1 Å². The summed E-state index contributed by atoms with van der Waals surface area (Å²) in [6, 6.07) is 12.4. The number of carbonyl (C=O) groups is 2. The second-order valence-electron chi connectivity index (χ2n) is 6.93. The van der Waals surface area contributed by atoms with E-state index in [1.165, 1.54) is 0 Å². The maximum atomic E-state index is 12.8. The van der Waals surface area contributed by atoms with Crippen LogP contribution in [0, 0.1) is 0 Å². The third-order valence-electron chi connectivity index (χ3n) is 5.12. The lowest BCUT2D eigenvalue weighted by atomic mass is 9.89. The highest BCUT2D eigenvalue weighted by atomic mass is 35.5. The van der Waals surface area contributed by atoms with Crippen LogP contribution >= 0.6 is 23.2 Å². The average molecular weight is 406 g/mol. The summed E-state index contributed by atoms with van der Waals surface area (Å²) in [6.45, 7) is 0. The van der Waals surface area contributed by atoms with E-state index in [-0.39, 0.29) is 10.6 Å². The van der Waals surface area contributed by atoms with Crippen LogP contribution in [-0.4, -0.2) is 22.5 Å². The van der Waals surface area contributed by atoms with Crippen LogP contribution in [-0.2, 0) is 4.79 Å². The molecular formula is C21H21Cl2NO3. The molecule has 27 heavy (non-hydrogen) atoms. The molecule has 2 aromatic rings. The topological polar surface area (TPSA) is 66.4 Å². The van der Waals surface area contributed by atoms with Gasteiger partial charge in [-0.15, -0.1) is 0 Å². The number of aliphatic carboxylic acids is 1. The van der Waals surface area contributed by atoms with E-state index >= 15 is 0 Å². The van der Waals surface area contributed by atoms with Crippen LogP contribution in [0.2, 0.25) is 10.0 Å². The number of hydrogen-bond acceptors (Lipinski definition) is 2. The van der Waals surface area contributed by atoms with Crippen molar-refractivity contribution in [2.45, 2.75) is 44.1 Å². The van der Waals surface area contributed by atoms with E-state index < -0.39 is 17.4 Å². The number of amides is 1. The molecule has 0 saturated heterocycles. The van der Waals surface area contributed by atoms with E-state index in [2.05, 4.69) is 5.32 Å². The first-order valence-corrected chi connectivity index (χ1v) is 9.79. The minimum atomic E-state index is -1.22. The molecule has 0 heterocycles. The van der Waals surface area contributed by atoms with Crippen molar-refractivity contribution in [1.82, 2.24) is 5.32 Å². The van der Waals surface area contributed by atoms with Gasteiger partial charge in [-0.05, 0) is 36.6 Å². The maximum Gasteiger partial charge on any atom is 0.329 e. The predicted molar refractivity (Wildman–Crippen MR) is 107 cm³/mol. The summed E-state index contributed by atoms with van der Waals surface area (Å²) in [5, 5.41) is 13.3. The molecular weight excluding hydrogens is 385 g/mol. The molecule has 2 aromatic carbocycles. The van der Waals surface area contributed by atoms with E-state index in [0.717, 1.165) is 36.8 Å². The van der Waals surface area contributed by atoms with E-state index in [9.17, 15) is 14.7 Å². The van der Waals surface area contributed by atoms with Crippen LogP contribution in [0.3, 0.4) is 0 Å². The molecule has 0 radical (unpaired) electrons. The summed E-state index contributed by atoms with van der Waals surface area (Å²) in [5.74, 6) is -1.45. The number of hydrogen-bond donors (Lipinski definition) is 2. The van der Waals surface area contributed by atoms with Crippen molar-refractivity contribution in [2.75, 3.05) is 0 Å². The van der Waals surface area contributed by atoms with Crippen LogP contribution < -0.4 is 5.32 Å². The van der Waals surface area contributed by atoms with Gasteiger partial charge in [0, 0.05) is 10.6 Å². The van der Waals surface area contributed by atoms with Crippen molar-refractivity contribution in [3.05, 3.63) is 58.1 Å². The molecule has 0 bridgehead atoms. The van der Waals surface area contributed by atoms with Gasteiger partial charge in [-0.1, -0.05) is 73.2 Å². The number of carbonyl (C=O) groups excluding carboxylic acids is 1. The molecule has 0 aromatic heterocycles. The molecule has 0 aliphatic heterocycles. The maximum absolute atomic E-state index is 12.8. The predicted octanol–water partition coefficient (Wildman–Crippen LogP) is 5.57. The first-order chi connectivity index (χ1) is 12.9. The van der Waals surface area contributed by atoms with Crippen molar-refractivity contribution in [1.29, 1.82) is 0 Å². The monoisotopic (exact) mass is 405 g/mol. The number of nitrogens with one attached hydrogen (secondary N) is 1. The molecule has 6 heteroatoms. The summed E-state index contributed by atoms with van der Waals surface area (Å²) in [4.78, 5) is 24.7. The molecule has 0 unspecified atom stereocenters. The molecule has 142 valence electrons. The van der Waals surface area contributed by atoms with Gasteiger partial charge < -0.3 is 10.4 Å². The Morgan fingerprint density at radius 1 is 0.926 bits per heavy atom. The number of carboxylic acids is 1. The molecule has 1 saturated carbocycles. The van der Waals surface area contributed by atoms with Gasteiger partial charge in [0.1, 0.15) is 5.54 Å². The molecule has 1 aliphatic rings. The quantitative estimate of drug-likeness (QED) is 0.653. The van der Waals surface area contributed by atoms with Crippen molar-refractivity contribution in [3.8, 4) is 11.1 Å². The van der Waals surface area contributed by atoms with Crippen molar-refractivity contribution in [2.24, 2.45) is 0 Å². The Bertz CT molecular complexity index is 858. The Morgan fingerprint density at radius 2 is 1.59 bits per heavy atom. The molecule has 1 amide bonds. The fourth-order valence-electron chi connectivity index (χ4n) is 3.57. The van der Waals surface area contributed by atoms with Gasteiger partial charge in [0.2, 0.25) is 0 Å². The largest absolute Gasteiger partial charge is 0.480 e. The van der Waals surface area contributed by atoms with Crippen LogP contribution in [0.25, 0.3) is 11.1 Å². The van der Waals surface area contributed by atoms with Gasteiger partial charge >= 0.3 is 5.97 Å². The number of carboxylic acid groups (broad SMARTS) is 1. The van der Waals surface area contributed by atoms with Gasteiger partial charge in [-0.25, -0.2) is 4.79 Å². The van der Waals surface area contributed by atoms with E-state index in [0.29, 0.717) is 17.9 Å². The Hall–Kier alpha value is -2.04. The Labute approximate surface area is 168 Å². The first kappa shape index (κ1) is 19.7. The van der Waals surface area contributed by atoms with Crippen molar-refractivity contribution in [3.63, 3.8) is 0 Å². The van der Waals surface area contributed by atoms with Gasteiger partial charge in [-0.3, -0.25) is 4.79 Å². The molecule has 4 nitrogen and oxygen atoms in total. The number of benzene rings is 2. The normalized spacial score (nSPS) is 16.4. The minimum Gasteiger partial charge on any atom is -0.480 e. The fraction of sp³-hybridized carbons (Fsp3) is 0.333. The average Bonchev–Trinajstić information content (AvgIpc) is 2.88. The first-order valence-electron chi connectivity index (χ1n) is 9.03. The Balaban J connectivity index is 1.86. The molecule has 1 aliphatic carbocycles. The standard InChI is InChI=1S/C21H21Cl2NO3/c22-17-8-4-3-7-15(17)14-9-10-16(18(23)13-14)19(25)24-21(20(26)27)11-5-1-2-6-12-21/h3-4,7-10,13H,1-2,5-6,11-12H2,(H,24,25)(H,26,27). The van der Waals surface area contributed by atoms with E-state index in [4.69, 9.17) is 23.2 Å². The number of rotatable bonds is 4. The summed E-state index contributed by atoms with van der Waals surface area (Å²) in [7, 11) is 0. The minimum absolute atomic E-state index is 0.261. The van der Waals surface area contributed by atoms with Crippen LogP contribution in [0.15, 0.2) is 42.5 Å². The van der Waals surface area contributed by atoms with Crippen LogP contribution in [0.5, 0.6) is 0 Å². The summed E-state index contributed by atoms with van der Waals surface area (Å²) in [5.41, 5.74) is 0.652. The highest BCUT2D eigenvalue weighted by Gasteiger charge is 2.40. The molecule has 2 N–H and O–H groups in total. The SMILES string of the molecule is O=C(NC1(C(=O)O)CCCCCC1)c1ccc(-c2ccccc2Cl)cc1Cl. The summed E-state index contributed by atoms with van der Waals surface area (Å²) in [6.07, 6.45) is 4.40. The van der Waals surface area contributed by atoms with Gasteiger partial charge in [-0.2, -0.15) is 0 Å². The fourth-order valence-corrected chi connectivity index (χ4v) is 4.08. The molecule has 3 rings (SSSR count). The second-order valence-corrected chi connectivity index (χ2v) is 7.74. The van der Waals surface area contributed by atoms with Gasteiger partial charge in [0.15, 0.2) is 0 Å². The molecule has 0 atom stereocenters. The molecule has 1 fully saturated rings. The van der Waals surface area contributed by atoms with Crippen molar-refractivity contribution < 1.29 is 14.7 Å². The van der Waals surface area contributed by atoms with Crippen LogP contribution in [0.1, 0.15) is 48.9 Å². The summed E-state index contributed by atoms with van der Waals surface area (Å²) < 4.78 is 0. The molecule has 0 spiro atoms. The lowest BCUT2D eigenvalue weighted by molar-refractivity contribution is -0.145. The second kappa shape index (κ2) is 8.32. The Morgan fingerprint density at radius 3 is 2.19 bits per heavy atom. The third kappa shape index (κ3) is 4.28. The summed E-state index contributed by atoms with van der Waals surface area (Å²) >= 11 is 12.6. The van der Waals surface area contributed by atoms with Crippen LogP contribution in [0.4, 0.5) is 0 Å². The smallest absolute Gasteiger partial charge is 0.329 e. The Kier molecular flexibility index (Phi) is 6.08.